The van der Waals surface area contributed by atoms with Crippen molar-refractivity contribution in [2.24, 2.45) is 11.7 Å². The lowest BCUT2D eigenvalue weighted by Gasteiger charge is -2.27. The van der Waals surface area contributed by atoms with Gasteiger partial charge in [0.15, 0.2) is 0 Å². The number of fused-ring (bicyclic) bond motifs is 2. The lowest BCUT2D eigenvalue weighted by Crippen LogP contribution is -2.56. The minimum atomic E-state index is -0.831. The second-order valence-corrected chi connectivity index (χ2v) is 11.7. The molecule has 0 saturated carbocycles. The van der Waals surface area contributed by atoms with Crippen molar-refractivity contribution in [1.82, 2.24) is 21.3 Å². The van der Waals surface area contributed by atoms with Gasteiger partial charge in [-0.15, -0.1) is 0 Å². The third kappa shape index (κ3) is 8.42. The Kier molecular flexibility index (Phi) is 10.9. The Labute approximate surface area is 259 Å². The van der Waals surface area contributed by atoms with Gasteiger partial charge in [0.1, 0.15) is 12.1 Å². The highest BCUT2D eigenvalue weighted by molar-refractivity contribution is 5.93. The quantitative estimate of drug-likeness (QED) is 0.152. The average Bonchev–Trinajstić information content (AvgIpc) is 3.06. The van der Waals surface area contributed by atoms with E-state index in [1.165, 1.54) is 0 Å². The predicted octanol–water partition coefficient (Wildman–Crippen LogP) is 3.60. The fraction of sp³-hybridized carbons (Fsp3) is 0.361. The van der Waals surface area contributed by atoms with Gasteiger partial charge in [-0.2, -0.15) is 0 Å². The number of nitrogens with one attached hydrogen (secondary N) is 4. The maximum absolute atomic E-state index is 14.0. The molecule has 8 nitrogen and oxygen atoms in total. The van der Waals surface area contributed by atoms with Crippen molar-refractivity contribution in [2.75, 3.05) is 26.2 Å². The van der Waals surface area contributed by atoms with Crippen molar-refractivity contribution >= 4 is 39.3 Å². The summed E-state index contributed by atoms with van der Waals surface area (Å²) in [5.74, 6) is -0.895. The van der Waals surface area contributed by atoms with Crippen LogP contribution in [-0.2, 0) is 27.2 Å². The van der Waals surface area contributed by atoms with E-state index in [0.717, 1.165) is 71.4 Å². The maximum atomic E-state index is 14.0. The lowest BCUT2D eigenvalue weighted by molar-refractivity contribution is -0.133. The molecule has 2 unspecified atom stereocenters. The third-order valence-corrected chi connectivity index (χ3v) is 8.41. The zero-order chi connectivity index (χ0) is 30.7. The molecule has 1 heterocycles. The van der Waals surface area contributed by atoms with Gasteiger partial charge in [-0.25, -0.2) is 0 Å². The molecule has 4 aromatic rings. The Balaban J connectivity index is 1.37. The van der Waals surface area contributed by atoms with Gasteiger partial charge in [-0.05, 0) is 78.0 Å². The fourth-order valence-electron chi connectivity index (χ4n) is 5.87. The monoisotopic (exact) mass is 593 g/mol. The molecule has 1 fully saturated rings. The van der Waals surface area contributed by atoms with Gasteiger partial charge in [0.25, 0.3) is 0 Å². The highest BCUT2D eigenvalue weighted by Gasteiger charge is 2.30. The van der Waals surface area contributed by atoms with Crippen molar-refractivity contribution in [3.8, 4) is 0 Å². The van der Waals surface area contributed by atoms with Crippen LogP contribution in [0.4, 0.5) is 0 Å². The molecule has 0 aliphatic carbocycles. The van der Waals surface area contributed by atoms with Crippen LogP contribution in [0.5, 0.6) is 0 Å². The molecule has 2 atom stereocenters. The van der Waals surface area contributed by atoms with Crippen LogP contribution in [0, 0.1) is 5.92 Å². The van der Waals surface area contributed by atoms with E-state index in [1.54, 1.807) is 0 Å². The molecule has 0 bridgehead atoms. The molecule has 0 radical (unpaired) electrons. The van der Waals surface area contributed by atoms with Gasteiger partial charge >= 0.3 is 0 Å². The lowest BCUT2D eigenvalue weighted by atomic mass is 9.95. The highest BCUT2D eigenvalue weighted by Crippen LogP contribution is 2.19. The summed E-state index contributed by atoms with van der Waals surface area (Å²) in [4.78, 5) is 40.8. The molecule has 3 amide bonds. The van der Waals surface area contributed by atoms with Crippen LogP contribution in [0.25, 0.3) is 21.5 Å². The first-order valence-corrected chi connectivity index (χ1v) is 15.7. The molecule has 4 aromatic carbocycles. The minimum absolute atomic E-state index is 0.121. The Hall–Kier alpha value is -4.27. The number of benzene rings is 4. The van der Waals surface area contributed by atoms with E-state index in [1.807, 2.05) is 72.8 Å². The second kappa shape index (κ2) is 15.5. The summed E-state index contributed by atoms with van der Waals surface area (Å²) in [5.41, 5.74) is 7.51. The minimum Gasteiger partial charge on any atom is -0.354 e. The molecular weight excluding hydrogens is 550 g/mol. The molecule has 8 heteroatoms. The van der Waals surface area contributed by atoms with E-state index in [9.17, 15) is 14.4 Å². The number of hydrogen-bond donors (Lipinski definition) is 5. The number of carbonyl (C=O) groups is 3. The van der Waals surface area contributed by atoms with Crippen LogP contribution in [0.2, 0.25) is 0 Å². The molecule has 1 saturated heterocycles. The normalized spacial score (nSPS) is 15.0. The van der Waals surface area contributed by atoms with Crippen molar-refractivity contribution in [3.05, 3.63) is 96.1 Å². The van der Waals surface area contributed by atoms with Crippen molar-refractivity contribution < 1.29 is 14.4 Å². The molecular formula is C36H43N5O3. The molecule has 1 aliphatic rings. The third-order valence-electron chi connectivity index (χ3n) is 8.41. The molecule has 1 aliphatic heterocycles. The van der Waals surface area contributed by atoms with Gasteiger partial charge in [-0.1, -0.05) is 84.9 Å². The Morgan fingerprint density at radius 2 is 1.25 bits per heavy atom. The topological polar surface area (TPSA) is 125 Å². The standard InChI is InChI=1S/C36H43N5O3/c37-17-5-6-18-39-35(43)32(23-25-11-13-27-7-1-3-9-30(27)21-25)41-36(44)33(40-34(42)29-15-19-38-20-16-29)24-26-12-14-28-8-2-4-10-31(28)22-26/h1-4,7-14,21-22,29,32-33,38H,5-6,15-20,23-24,37H2,(H,39,43)(H,40,42)(H,41,44). The number of carbonyl (C=O) groups excluding carboxylic acids is 3. The Bertz CT molecular complexity index is 1580. The smallest absolute Gasteiger partial charge is 0.243 e. The van der Waals surface area contributed by atoms with Crippen LogP contribution in [0.3, 0.4) is 0 Å². The van der Waals surface area contributed by atoms with E-state index < -0.39 is 12.1 Å². The highest BCUT2D eigenvalue weighted by atomic mass is 16.2. The number of unbranched alkanes of at least 4 members (excludes halogenated alkanes) is 1. The summed E-state index contributed by atoms with van der Waals surface area (Å²) >= 11 is 0. The van der Waals surface area contributed by atoms with Gasteiger partial charge in [0.05, 0.1) is 0 Å². The zero-order valence-electron chi connectivity index (χ0n) is 25.2. The molecule has 0 aromatic heterocycles. The van der Waals surface area contributed by atoms with Crippen molar-refractivity contribution in [3.63, 3.8) is 0 Å². The summed E-state index contributed by atoms with van der Waals surface area (Å²) < 4.78 is 0. The van der Waals surface area contributed by atoms with E-state index in [-0.39, 0.29) is 23.6 Å². The SMILES string of the molecule is NCCCCNC(=O)C(Cc1ccc2ccccc2c1)NC(=O)C(Cc1ccc2ccccc2c1)NC(=O)C1CCNCC1. The molecule has 5 rings (SSSR count). The molecule has 230 valence electrons. The number of nitrogens with two attached hydrogens (primary N) is 1. The van der Waals surface area contributed by atoms with E-state index in [2.05, 4.69) is 33.4 Å². The van der Waals surface area contributed by atoms with Crippen LogP contribution in [-0.4, -0.2) is 56.0 Å². The summed E-state index contributed by atoms with van der Waals surface area (Å²) in [5, 5.41) is 16.7. The maximum Gasteiger partial charge on any atom is 0.243 e. The van der Waals surface area contributed by atoms with Crippen molar-refractivity contribution in [1.29, 1.82) is 0 Å². The Morgan fingerprint density at radius 3 is 1.82 bits per heavy atom. The van der Waals surface area contributed by atoms with Crippen LogP contribution in [0.15, 0.2) is 84.9 Å². The number of rotatable bonds is 13. The molecule has 6 N–H and O–H groups in total. The van der Waals surface area contributed by atoms with E-state index >= 15 is 0 Å². The molecule has 44 heavy (non-hydrogen) atoms. The van der Waals surface area contributed by atoms with Gasteiger partial charge in [-0.3, -0.25) is 14.4 Å². The van der Waals surface area contributed by atoms with Crippen LogP contribution < -0.4 is 27.0 Å². The fourth-order valence-corrected chi connectivity index (χ4v) is 5.87. The zero-order valence-corrected chi connectivity index (χ0v) is 25.2. The van der Waals surface area contributed by atoms with E-state index in [4.69, 9.17) is 5.73 Å². The number of hydrogen-bond acceptors (Lipinski definition) is 5. The first-order valence-electron chi connectivity index (χ1n) is 15.7. The summed E-state index contributed by atoms with van der Waals surface area (Å²) in [6.07, 6.45) is 3.66. The van der Waals surface area contributed by atoms with E-state index in [0.29, 0.717) is 25.9 Å². The van der Waals surface area contributed by atoms with Gasteiger partial charge in [0.2, 0.25) is 17.7 Å². The van der Waals surface area contributed by atoms with Crippen molar-refractivity contribution in [2.45, 2.75) is 50.6 Å². The van der Waals surface area contributed by atoms with Gasteiger partial charge in [0, 0.05) is 25.3 Å². The first kappa shape index (κ1) is 31.2. The summed E-state index contributed by atoms with van der Waals surface area (Å²) in [6, 6.07) is 26.7. The first-order chi connectivity index (χ1) is 21.5. The van der Waals surface area contributed by atoms with Gasteiger partial charge < -0.3 is 27.0 Å². The second-order valence-electron chi connectivity index (χ2n) is 11.7. The largest absolute Gasteiger partial charge is 0.354 e. The summed E-state index contributed by atoms with van der Waals surface area (Å²) in [6.45, 7) is 2.59. The number of piperidine rings is 1. The van der Waals surface area contributed by atoms with Crippen LogP contribution >= 0.6 is 0 Å². The molecule has 0 spiro atoms. The summed E-state index contributed by atoms with van der Waals surface area (Å²) in [7, 11) is 0. The van der Waals surface area contributed by atoms with Crippen LogP contribution in [0.1, 0.15) is 36.8 Å². The Morgan fingerprint density at radius 1 is 0.705 bits per heavy atom. The number of amides is 3. The average molecular weight is 594 g/mol. The predicted molar refractivity (Wildman–Crippen MR) is 176 cm³/mol.